The molecule has 14 heavy (non-hydrogen) atoms. The van der Waals surface area contributed by atoms with E-state index in [1.165, 1.54) is 13.0 Å². The number of nitrogens with two attached hydrogens (primary N) is 1. The standard InChI is InChI=1S/C10H14N2O2/c1-7(13)12-10-8(5-6-11)3-2-4-9(10)14/h2-4,14H,5-6,11H2,1H3,(H,12,13). The van der Waals surface area contributed by atoms with Crippen molar-refractivity contribution in [2.75, 3.05) is 11.9 Å². The lowest BCUT2D eigenvalue weighted by Gasteiger charge is -2.10. The van der Waals surface area contributed by atoms with E-state index in [0.29, 0.717) is 18.7 Å². The number of nitrogens with one attached hydrogen (secondary N) is 1. The zero-order chi connectivity index (χ0) is 10.6. The SMILES string of the molecule is CC(=O)Nc1c(O)cccc1CCN. The Bertz CT molecular complexity index is 337. The van der Waals surface area contributed by atoms with Crippen LogP contribution in [0.2, 0.25) is 0 Å². The van der Waals surface area contributed by atoms with Gasteiger partial charge in [0.1, 0.15) is 5.75 Å². The fourth-order valence-corrected chi connectivity index (χ4v) is 1.27. The van der Waals surface area contributed by atoms with Crippen molar-refractivity contribution in [1.29, 1.82) is 0 Å². The zero-order valence-electron chi connectivity index (χ0n) is 8.08. The maximum absolute atomic E-state index is 10.9. The maximum atomic E-state index is 10.9. The molecule has 1 rings (SSSR count). The molecule has 0 radical (unpaired) electrons. The van der Waals surface area contributed by atoms with Gasteiger partial charge in [-0.1, -0.05) is 12.1 Å². The Labute approximate surface area is 82.7 Å². The first kappa shape index (κ1) is 10.5. The molecule has 76 valence electrons. The van der Waals surface area contributed by atoms with Crippen molar-refractivity contribution in [1.82, 2.24) is 0 Å². The van der Waals surface area contributed by atoms with Crippen molar-refractivity contribution in [3.8, 4) is 5.75 Å². The lowest BCUT2D eigenvalue weighted by Crippen LogP contribution is -2.11. The van der Waals surface area contributed by atoms with Crippen molar-refractivity contribution in [2.24, 2.45) is 5.73 Å². The Morgan fingerprint density at radius 3 is 2.86 bits per heavy atom. The van der Waals surface area contributed by atoms with Gasteiger partial charge in [0.05, 0.1) is 5.69 Å². The molecule has 4 heteroatoms. The quantitative estimate of drug-likeness (QED) is 0.624. The van der Waals surface area contributed by atoms with E-state index < -0.39 is 0 Å². The number of aromatic hydroxyl groups is 1. The Balaban J connectivity index is 3.02. The average molecular weight is 194 g/mol. The van der Waals surface area contributed by atoms with E-state index in [9.17, 15) is 9.90 Å². The molecular formula is C10H14N2O2. The molecule has 0 saturated carbocycles. The third-order valence-corrected chi connectivity index (χ3v) is 1.84. The largest absolute Gasteiger partial charge is 0.506 e. The molecule has 4 nitrogen and oxygen atoms in total. The van der Waals surface area contributed by atoms with Crippen LogP contribution >= 0.6 is 0 Å². The van der Waals surface area contributed by atoms with Crippen LogP contribution in [0.15, 0.2) is 18.2 Å². The van der Waals surface area contributed by atoms with Crippen LogP contribution in [0.25, 0.3) is 0 Å². The monoisotopic (exact) mass is 194 g/mol. The predicted octanol–water partition coefficient (Wildman–Crippen LogP) is 0.852. The topological polar surface area (TPSA) is 75.3 Å². The molecule has 0 bridgehead atoms. The maximum Gasteiger partial charge on any atom is 0.221 e. The van der Waals surface area contributed by atoms with Crippen LogP contribution in [-0.2, 0) is 11.2 Å². The van der Waals surface area contributed by atoms with Gasteiger partial charge >= 0.3 is 0 Å². The van der Waals surface area contributed by atoms with Crippen LogP contribution in [-0.4, -0.2) is 17.6 Å². The minimum absolute atomic E-state index is 0.0751. The molecule has 0 aliphatic heterocycles. The van der Waals surface area contributed by atoms with Gasteiger partial charge in [-0.25, -0.2) is 0 Å². The van der Waals surface area contributed by atoms with Crippen LogP contribution in [0.1, 0.15) is 12.5 Å². The number of carbonyl (C=O) groups excluding carboxylic acids is 1. The highest BCUT2D eigenvalue weighted by Gasteiger charge is 2.07. The van der Waals surface area contributed by atoms with E-state index in [1.54, 1.807) is 6.07 Å². The van der Waals surface area contributed by atoms with Crippen molar-refractivity contribution < 1.29 is 9.90 Å². The van der Waals surface area contributed by atoms with E-state index in [0.717, 1.165) is 5.56 Å². The Morgan fingerprint density at radius 2 is 2.29 bits per heavy atom. The molecule has 1 aromatic rings. The van der Waals surface area contributed by atoms with Crippen LogP contribution in [0.4, 0.5) is 5.69 Å². The number of carbonyl (C=O) groups is 1. The van der Waals surface area contributed by atoms with E-state index in [4.69, 9.17) is 5.73 Å². The molecule has 0 aromatic heterocycles. The molecule has 4 N–H and O–H groups in total. The summed E-state index contributed by atoms with van der Waals surface area (Å²) in [4.78, 5) is 10.9. The highest BCUT2D eigenvalue weighted by Crippen LogP contribution is 2.27. The average Bonchev–Trinajstić information content (AvgIpc) is 2.11. The number of para-hydroxylation sites is 1. The highest BCUT2D eigenvalue weighted by molar-refractivity contribution is 5.91. The molecule has 0 atom stereocenters. The third kappa shape index (κ3) is 2.47. The van der Waals surface area contributed by atoms with E-state index >= 15 is 0 Å². The number of amides is 1. The molecule has 1 amide bonds. The molecule has 0 spiro atoms. The first-order valence-electron chi connectivity index (χ1n) is 4.43. The fraction of sp³-hybridized carbons (Fsp3) is 0.300. The summed E-state index contributed by atoms with van der Waals surface area (Å²) in [6, 6.07) is 5.09. The van der Waals surface area contributed by atoms with Gasteiger partial charge < -0.3 is 16.2 Å². The van der Waals surface area contributed by atoms with Gasteiger partial charge in [0.15, 0.2) is 0 Å². The molecule has 1 aromatic carbocycles. The normalized spacial score (nSPS) is 9.86. The van der Waals surface area contributed by atoms with E-state index in [2.05, 4.69) is 5.32 Å². The number of anilines is 1. The highest BCUT2D eigenvalue weighted by atomic mass is 16.3. The fourth-order valence-electron chi connectivity index (χ4n) is 1.27. The first-order valence-corrected chi connectivity index (χ1v) is 4.43. The first-order chi connectivity index (χ1) is 6.65. The Hall–Kier alpha value is -1.55. The van der Waals surface area contributed by atoms with Crippen LogP contribution in [0.3, 0.4) is 0 Å². The van der Waals surface area contributed by atoms with E-state index in [1.807, 2.05) is 6.07 Å². The summed E-state index contributed by atoms with van der Waals surface area (Å²) in [5, 5.41) is 12.1. The summed E-state index contributed by atoms with van der Waals surface area (Å²) in [7, 11) is 0. The second-order valence-corrected chi connectivity index (χ2v) is 3.03. The summed E-state index contributed by atoms with van der Waals surface area (Å²) in [6.45, 7) is 1.88. The van der Waals surface area contributed by atoms with E-state index in [-0.39, 0.29) is 11.7 Å². The van der Waals surface area contributed by atoms with Gasteiger partial charge in [0, 0.05) is 6.92 Å². The number of phenols is 1. The number of hydrogen-bond donors (Lipinski definition) is 3. The molecular weight excluding hydrogens is 180 g/mol. The van der Waals surface area contributed by atoms with Crippen molar-refractivity contribution >= 4 is 11.6 Å². The van der Waals surface area contributed by atoms with Gasteiger partial charge in [-0.2, -0.15) is 0 Å². The van der Waals surface area contributed by atoms with Gasteiger partial charge in [-0.15, -0.1) is 0 Å². The molecule has 0 heterocycles. The number of benzene rings is 1. The number of rotatable bonds is 3. The minimum Gasteiger partial charge on any atom is -0.506 e. The second kappa shape index (κ2) is 4.62. The molecule has 0 aliphatic carbocycles. The summed E-state index contributed by atoms with van der Waals surface area (Å²) >= 11 is 0. The second-order valence-electron chi connectivity index (χ2n) is 3.03. The van der Waals surface area contributed by atoms with Gasteiger partial charge in [-0.3, -0.25) is 4.79 Å². The Morgan fingerprint density at radius 1 is 1.57 bits per heavy atom. The summed E-state index contributed by atoms with van der Waals surface area (Å²) < 4.78 is 0. The van der Waals surface area contributed by atoms with Crippen molar-refractivity contribution in [3.63, 3.8) is 0 Å². The lowest BCUT2D eigenvalue weighted by atomic mass is 10.1. The Kier molecular flexibility index (Phi) is 3.48. The zero-order valence-corrected chi connectivity index (χ0v) is 8.08. The summed E-state index contributed by atoms with van der Waals surface area (Å²) in [5.41, 5.74) is 6.73. The smallest absolute Gasteiger partial charge is 0.221 e. The molecule has 0 aliphatic rings. The van der Waals surface area contributed by atoms with Gasteiger partial charge in [-0.05, 0) is 24.6 Å². The molecule has 0 saturated heterocycles. The summed E-state index contributed by atoms with van der Waals surface area (Å²) in [5.74, 6) is -0.129. The van der Waals surface area contributed by atoms with Crippen molar-refractivity contribution in [3.05, 3.63) is 23.8 Å². The van der Waals surface area contributed by atoms with Crippen LogP contribution < -0.4 is 11.1 Å². The number of hydrogen-bond acceptors (Lipinski definition) is 3. The van der Waals surface area contributed by atoms with Crippen LogP contribution in [0.5, 0.6) is 5.75 Å². The number of phenolic OH excluding ortho intramolecular Hbond substituents is 1. The predicted molar refractivity (Wildman–Crippen MR) is 55.2 cm³/mol. The minimum atomic E-state index is -0.204. The third-order valence-electron chi connectivity index (χ3n) is 1.84. The molecule has 0 unspecified atom stereocenters. The van der Waals surface area contributed by atoms with Crippen LogP contribution in [0, 0.1) is 0 Å². The summed E-state index contributed by atoms with van der Waals surface area (Å²) in [6.07, 6.45) is 0.629. The lowest BCUT2D eigenvalue weighted by molar-refractivity contribution is -0.114. The molecule has 0 fully saturated rings. The van der Waals surface area contributed by atoms with Crippen molar-refractivity contribution in [2.45, 2.75) is 13.3 Å². The van der Waals surface area contributed by atoms with Gasteiger partial charge in [0.25, 0.3) is 0 Å². The van der Waals surface area contributed by atoms with Gasteiger partial charge in [0.2, 0.25) is 5.91 Å².